The van der Waals surface area contributed by atoms with Crippen molar-refractivity contribution in [1.29, 1.82) is 0 Å². The number of carbonyl (C=O) groups is 1. The predicted octanol–water partition coefficient (Wildman–Crippen LogP) is 1.82. The first-order valence-electron chi connectivity index (χ1n) is 5.31. The Kier molecular flexibility index (Phi) is 3.66. The minimum atomic E-state index is -0.336. The smallest absolute Gasteiger partial charge is 0.255 e. The monoisotopic (exact) mass is 309 g/mol. The topological polar surface area (TPSA) is 67.2 Å². The van der Waals surface area contributed by atoms with E-state index in [2.05, 4.69) is 26.2 Å². The first-order chi connectivity index (χ1) is 8.58. The largest absolute Gasteiger partial charge is 0.507 e. The standard InChI is InChI=1S/C12H12BrN3O2/c1-16-5-4-14-11(16)7-15-12(18)9-6-8(13)2-3-10(9)17/h2-6,17H,7H2,1H3,(H,15,18). The highest BCUT2D eigenvalue weighted by Gasteiger charge is 2.12. The van der Waals surface area contributed by atoms with Gasteiger partial charge in [0.25, 0.3) is 5.91 Å². The fourth-order valence-corrected chi connectivity index (χ4v) is 1.87. The van der Waals surface area contributed by atoms with E-state index in [0.29, 0.717) is 6.54 Å². The highest BCUT2D eigenvalue weighted by Crippen LogP contribution is 2.21. The summed E-state index contributed by atoms with van der Waals surface area (Å²) in [6.45, 7) is 0.314. The van der Waals surface area contributed by atoms with Crippen LogP contribution in [0.2, 0.25) is 0 Å². The first kappa shape index (κ1) is 12.6. The van der Waals surface area contributed by atoms with Crippen LogP contribution in [0.5, 0.6) is 5.75 Å². The molecule has 1 aromatic carbocycles. The number of phenols is 1. The van der Waals surface area contributed by atoms with Crippen molar-refractivity contribution in [3.63, 3.8) is 0 Å². The van der Waals surface area contributed by atoms with E-state index in [1.54, 1.807) is 24.5 Å². The van der Waals surface area contributed by atoms with E-state index in [4.69, 9.17) is 0 Å². The molecule has 6 heteroatoms. The summed E-state index contributed by atoms with van der Waals surface area (Å²) >= 11 is 3.26. The molecule has 0 atom stereocenters. The Morgan fingerprint density at radius 3 is 3.00 bits per heavy atom. The van der Waals surface area contributed by atoms with Crippen molar-refractivity contribution in [3.05, 3.63) is 46.5 Å². The molecule has 0 spiro atoms. The quantitative estimate of drug-likeness (QED) is 0.909. The fraction of sp³-hybridized carbons (Fsp3) is 0.167. The van der Waals surface area contributed by atoms with E-state index in [-0.39, 0.29) is 17.2 Å². The van der Waals surface area contributed by atoms with Gasteiger partial charge in [0.1, 0.15) is 11.6 Å². The van der Waals surface area contributed by atoms with Crippen molar-refractivity contribution in [2.75, 3.05) is 0 Å². The summed E-state index contributed by atoms with van der Waals surface area (Å²) in [6, 6.07) is 4.72. The zero-order valence-electron chi connectivity index (χ0n) is 9.72. The molecule has 0 fully saturated rings. The summed E-state index contributed by atoms with van der Waals surface area (Å²) in [5.74, 6) is 0.366. The Morgan fingerprint density at radius 2 is 2.33 bits per heavy atom. The predicted molar refractivity (Wildman–Crippen MR) is 70.2 cm³/mol. The van der Waals surface area contributed by atoms with E-state index in [1.807, 2.05) is 11.6 Å². The van der Waals surface area contributed by atoms with Gasteiger partial charge in [-0.15, -0.1) is 0 Å². The van der Waals surface area contributed by atoms with E-state index < -0.39 is 0 Å². The van der Waals surface area contributed by atoms with Crippen LogP contribution in [0.3, 0.4) is 0 Å². The molecule has 2 rings (SSSR count). The number of carbonyl (C=O) groups excluding carboxylic acids is 1. The van der Waals surface area contributed by atoms with Gasteiger partial charge in [-0.25, -0.2) is 4.98 Å². The maximum atomic E-state index is 11.9. The number of aromatic hydroxyl groups is 1. The molecule has 0 unspecified atom stereocenters. The van der Waals surface area contributed by atoms with Crippen LogP contribution >= 0.6 is 15.9 Å². The van der Waals surface area contributed by atoms with Crippen molar-refractivity contribution < 1.29 is 9.90 Å². The minimum Gasteiger partial charge on any atom is -0.507 e. The molecule has 0 bridgehead atoms. The summed E-state index contributed by atoms with van der Waals surface area (Å²) in [7, 11) is 1.85. The van der Waals surface area contributed by atoms with Gasteiger partial charge in [-0.3, -0.25) is 4.79 Å². The Bertz CT molecular complexity index is 580. The first-order valence-corrected chi connectivity index (χ1v) is 6.10. The Morgan fingerprint density at radius 1 is 1.56 bits per heavy atom. The summed E-state index contributed by atoms with van der Waals surface area (Å²) < 4.78 is 2.56. The van der Waals surface area contributed by atoms with Crippen LogP contribution in [0.1, 0.15) is 16.2 Å². The molecule has 1 heterocycles. The molecular weight excluding hydrogens is 298 g/mol. The van der Waals surface area contributed by atoms with Crippen molar-refractivity contribution in [2.45, 2.75) is 6.54 Å². The van der Waals surface area contributed by atoms with Crippen LogP contribution < -0.4 is 5.32 Å². The van der Waals surface area contributed by atoms with E-state index in [9.17, 15) is 9.90 Å². The summed E-state index contributed by atoms with van der Waals surface area (Å²) in [4.78, 5) is 16.0. The number of halogens is 1. The SMILES string of the molecule is Cn1ccnc1CNC(=O)c1cc(Br)ccc1O. The number of amides is 1. The molecular formula is C12H12BrN3O2. The van der Waals surface area contributed by atoms with Gasteiger partial charge in [-0.1, -0.05) is 15.9 Å². The molecule has 0 aliphatic carbocycles. The van der Waals surface area contributed by atoms with Crippen molar-refractivity contribution in [1.82, 2.24) is 14.9 Å². The van der Waals surface area contributed by atoms with Crippen molar-refractivity contribution >= 4 is 21.8 Å². The highest BCUT2D eigenvalue weighted by molar-refractivity contribution is 9.10. The Balaban J connectivity index is 2.08. The van der Waals surface area contributed by atoms with Gasteiger partial charge in [0.05, 0.1) is 12.1 Å². The Labute approximate surface area is 113 Å². The van der Waals surface area contributed by atoms with E-state index in [0.717, 1.165) is 10.3 Å². The zero-order chi connectivity index (χ0) is 13.1. The molecule has 0 saturated heterocycles. The number of hydrogen-bond donors (Lipinski definition) is 2. The summed E-state index contributed by atoms with van der Waals surface area (Å²) in [5, 5.41) is 12.3. The second-order valence-corrected chi connectivity index (χ2v) is 4.71. The van der Waals surface area contributed by atoms with Crippen molar-refractivity contribution in [2.24, 2.45) is 7.05 Å². The van der Waals surface area contributed by atoms with Crippen LogP contribution in [0.4, 0.5) is 0 Å². The lowest BCUT2D eigenvalue weighted by Gasteiger charge is -2.07. The third-order valence-electron chi connectivity index (χ3n) is 2.53. The number of aryl methyl sites for hydroxylation is 1. The molecule has 2 N–H and O–H groups in total. The molecule has 5 nitrogen and oxygen atoms in total. The maximum absolute atomic E-state index is 11.9. The van der Waals surface area contributed by atoms with E-state index >= 15 is 0 Å². The lowest BCUT2D eigenvalue weighted by atomic mass is 10.2. The third-order valence-corrected chi connectivity index (χ3v) is 3.02. The number of phenolic OH excluding ortho intramolecular Hbond substituents is 1. The number of nitrogens with zero attached hydrogens (tertiary/aromatic N) is 2. The highest BCUT2D eigenvalue weighted by atomic mass is 79.9. The zero-order valence-corrected chi connectivity index (χ0v) is 11.3. The van der Waals surface area contributed by atoms with Crippen LogP contribution in [-0.4, -0.2) is 20.6 Å². The van der Waals surface area contributed by atoms with Gasteiger partial charge in [-0.2, -0.15) is 0 Å². The van der Waals surface area contributed by atoms with Gasteiger partial charge in [-0.05, 0) is 18.2 Å². The second kappa shape index (κ2) is 5.22. The van der Waals surface area contributed by atoms with Gasteiger partial charge in [0, 0.05) is 23.9 Å². The average Bonchev–Trinajstić information content (AvgIpc) is 2.75. The van der Waals surface area contributed by atoms with Gasteiger partial charge < -0.3 is 15.0 Å². The lowest BCUT2D eigenvalue weighted by molar-refractivity contribution is 0.0947. The van der Waals surface area contributed by atoms with Crippen LogP contribution in [0.25, 0.3) is 0 Å². The Hall–Kier alpha value is -1.82. The normalized spacial score (nSPS) is 10.3. The van der Waals surface area contributed by atoms with Crippen LogP contribution in [0.15, 0.2) is 35.1 Å². The van der Waals surface area contributed by atoms with E-state index in [1.165, 1.54) is 6.07 Å². The van der Waals surface area contributed by atoms with Gasteiger partial charge in [0.2, 0.25) is 0 Å². The molecule has 0 radical (unpaired) electrons. The number of nitrogens with one attached hydrogen (secondary N) is 1. The van der Waals surface area contributed by atoms with Gasteiger partial charge >= 0.3 is 0 Å². The third kappa shape index (κ3) is 2.70. The molecule has 0 saturated carbocycles. The number of benzene rings is 1. The molecule has 2 aromatic rings. The number of imidazole rings is 1. The molecule has 1 amide bonds. The van der Waals surface area contributed by atoms with Crippen LogP contribution in [0, 0.1) is 0 Å². The van der Waals surface area contributed by atoms with Crippen LogP contribution in [-0.2, 0) is 13.6 Å². The molecule has 0 aliphatic heterocycles. The molecule has 18 heavy (non-hydrogen) atoms. The second-order valence-electron chi connectivity index (χ2n) is 3.80. The minimum absolute atomic E-state index is 0.0458. The maximum Gasteiger partial charge on any atom is 0.255 e. The fourth-order valence-electron chi connectivity index (χ4n) is 1.51. The number of aromatic nitrogens is 2. The molecule has 1 aromatic heterocycles. The van der Waals surface area contributed by atoms with Gasteiger partial charge in [0.15, 0.2) is 0 Å². The summed E-state index contributed by atoms with van der Waals surface area (Å²) in [5.41, 5.74) is 0.235. The molecule has 0 aliphatic rings. The average molecular weight is 310 g/mol. The lowest BCUT2D eigenvalue weighted by Crippen LogP contribution is -2.24. The van der Waals surface area contributed by atoms with Crippen molar-refractivity contribution in [3.8, 4) is 5.75 Å². The molecule has 94 valence electrons. The number of rotatable bonds is 3. The number of hydrogen-bond acceptors (Lipinski definition) is 3. The summed E-state index contributed by atoms with van der Waals surface area (Å²) in [6.07, 6.45) is 3.47.